The molecule has 3 heterocycles. The SMILES string of the molecule is CC(=O)OC[C@H]1O[C@@H](n2cnc3c(Br)ncnc32)[C@H](OC(C)=O)[C@@H]1OC(C)=O. The molecular formula is C16H17BrN4O7. The highest BCUT2D eigenvalue weighted by Crippen LogP contribution is 2.36. The van der Waals surface area contributed by atoms with Gasteiger partial charge < -0.3 is 18.9 Å². The molecule has 0 amide bonds. The molecule has 0 bridgehead atoms. The van der Waals surface area contributed by atoms with E-state index in [4.69, 9.17) is 18.9 Å². The number of ether oxygens (including phenoxy) is 4. The number of fused-ring (bicyclic) bond motifs is 1. The van der Waals surface area contributed by atoms with E-state index in [-0.39, 0.29) is 6.61 Å². The van der Waals surface area contributed by atoms with E-state index in [1.54, 1.807) is 4.57 Å². The van der Waals surface area contributed by atoms with Crippen LogP contribution in [0.3, 0.4) is 0 Å². The van der Waals surface area contributed by atoms with Gasteiger partial charge >= 0.3 is 17.9 Å². The molecule has 150 valence electrons. The molecule has 0 saturated carbocycles. The Kier molecular flexibility index (Phi) is 5.89. The molecule has 3 rings (SSSR count). The van der Waals surface area contributed by atoms with Crippen LogP contribution >= 0.6 is 15.9 Å². The average Bonchev–Trinajstić information content (AvgIpc) is 3.16. The van der Waals surface area contributed by atoms with Crippen molar-refractivity contribution in [3.05, 3.63) is 17.3 Å². The molecule has 12 heteroatoms. The van der Waals surface area contributed by atoms with E-state index >= 15 is 0 Å². The number of esters is 3. The number of halogens is 1. The van der Waals surface area contributed by atoms with Crippen LogP contribution in [0.5, 0.6) is 0 Å². The van der Waals surface area contributed by atoms with Crippen LogP contribution in [0.1, 0.15) is 27.0 Å². The van der Waals surface area contributed by atoms with Crippen molar-refractivity contribution in [1.29, 1.82) is 0 Å². The molecule has 0 N–H and O–H groups in total. The molecule has 1 fully saturated rings. The summed E-state index contributed by atoms with van der Waals surface area (Å²) in [6.45, 7) is 3.51. The number of carbonyl (C=O) groups is 3. The zero-order valence-corrected chi connectivity index (χ0v) is 16.8. The first kappa shape index (κ1) is 20.1. The van der Waals surface area contributed by atoms with E-state index in [0.717, 1.165) is 0 Å². The number of hydrogen-bond acceptors (Lipinski definition) is 10. The summed E-state index contributed by atoms with van der Waals surface area (Å²) in [5, 5.41) is 0. The highest BCUT2D eigenvalue weighted by molar-refractivity contribution is 9.10. The predicted molar refractivity (Wildman–Crippen MR) is 94.7 cm³/mol. The van der Waals surface area contributed by atoms with E-state index in [9.17, 15) is 14.4 Å². The average molecular weight is 457 g/mol. The van der Waals surface area contributed by atoms with Gasteiger partial charge in [-0.2, -0.15) is 0 Å². The lowest BCUT2D eigenvalue weighted by Crippen LogP contribution is -2.40. The molecule has 0 unspecified atom stereocenters. The number of carbonyl (C=O) groups excluding carboxylic acids is 3. The summed E-state index contributed by atoms with van der Waals surface area (Å²) in [5.74, 6) is -1.72. The summed E-state index contributed by atoms with van der Waals surface area (Å²) >= 11 is 3.29. The molecule has 28 heavy (non-hydrogen) atoms. The Labute approximate surface area is 167 Å². The van der Waals surface area contributed by atoms with Crippen molar-refractivity contribution in [3.63, 3.8) is 0 Å². The van der Waals surface area contributed by atoms with E-state index < -0.39 is 42.4 Å². The largest absolute Gasteiger partial charge is 0.463 e. The minimum absolute atomic E-state index is 0.188. The zero-order valence-electron chi connectivity index (χ0n) is 15.2. The molecule has 0 aliphatic carbocycles. The fourth-order valence-electron chi connectivity index (χ4n) is 2.93. The second kappa shape index (κ2) is 8.19. The zero-order chi connectivity index (χ0) is 20.4. The Morgan fingerprint density at radius 3 is 2.39 bits per heavy atom. The molecule has 1 aliphatic heterocycles. The van der Waals surface area contributed by atoms with Crippen LogP contribution in [0.25, 0.3) is 11.2 Å². The van der Waals surface area contributed by atoms with Crippen LogP contribution in [0.2, 0.25) is 0 Å². The molecule has 0 spiro atoms. The Balaban J connectivity index is 2.01. The first-order valence-corrected chi connectivity index (χ1v) is 9.03. The van der Waals surface area contributed by atoms with Gasteiger partial charge in [0.05, 0.1) is 6.33 Å². The third-order valence-electron chi connectivity index (χ3n) is 3.93. The van der Waals surface area contributed by atoms with E-state index in [2.05, 4.69) is 30.9 Å². The second-order valence-corrected chi connectivity index (χ2v) is 6.76. The number of rotatable bonds is 5. The van der Waals surface area contributed by atoms with Crippen LogP contribution in [0.4, 0.5) is 0 Å². The van der Waals surface area contributed by atoms with Crippen molar-refractivity contribution in [1.82, 2.24) is 19.5 Å². The van der Waals surface area contributed by atoms with Gasteiger partial charge in [0.2, 0.25) is 0 Å². The molecule has 11 nitrogen and oxygen atoms in total. The van der Waals surface area contributed by atoms with Crippen molar-refractivity contribution in [2.75, 3.05) is 6.61 Å². The van der Waals surface area contributed by atoms with Crippen LogP contribution in [-0.2, 0) is 33.3 Å². The summed E-state index contributed by atoms with van der Waals surface area (Å²) in [7, 11) is 0. The predicted octanol–water partition coefficient (Wildman–Crippen LogP) is 0.913. The van der Waals surface area contributed by atoms with Gasteiger partial charge in [0, 0.05) is 20.8 Å². The summed E-state index contributed by atoms with van der Waals surface area (Å²) in [6, 6.07) is 0. The third kappa shape index (κ3) is 4.12. The molecule has 0 aromatic carbocycles. The lowest BCUT2D eigenvalue weighted by atomic mass is 10.1. The van der Waals surface area contributed by atoms with Gasteiger partial charge in [0.1, 0.15) is 29.2 Å². The Morgan fingerprint density at radius 1 is 1.07 bits per heavy atom. The highest BCUT2D eigenvalue weighted by Gasteiger charge is 2.51. The minimum atomic E-state index is -1.01. The first-order valence-electron chi connectivity index (χ1n) is 8.24. The number of nitrogens with zero attached hydrogens (tertiary/aromatic N) is 4. The van der Waals surface area contributed by atoms with Gasteiger partial charge in [-0.3, -0.25) is 19.0 Å². The fraction of sp³-hybridized carbons (Fsp3) is 0.500. The number of imidazole rings is 1. The van der Waals surface area contributed by atoms with Gasteiger partial charge in [-0.1, -0.05) is 0 Å². The molecule has 1 aliphatic rings. The third-order valence-corrected chi connectivity index (χ3v) is 4.51. The molecule has 2 aromatic heterocycles. The quantitative estimate of drug-likeness (QED) is 0.363. The number of aromatic nitrogens is 4. The molecule has 0 radical (unpaired) electrons. The van der Waals surface area contributed by atoms with Crippen LogP contribution in [-0.4, -0.2) is 62.3 Å². The van der Waals surface area contributed by atoms with Gasteiger partial charge in [-0.15, -0.1) is 0 Å². The van der Waals surface area contributed by atoms with Crippen molar-refractivity contribution in [3.8, 4) is 0 Å². The summed E-state index contributed by atoms with van der Waals surface area (Å²) in [5.41, 5.74) is 0.888. The summed E-state index contributed by atoms with van der Waals surface area (Å²) in [6.07, 6.45) is -0.989. The lowest BCUT2D eigenvalue weighted by Gasteiger charge is -2.23. The topological polar surface area (TPSA) is 132 Å². The van der Waals surface area contributed by atoms with Gasteiger partial charge in [0.25, 0.3) is 0 Å². The maximum Gasteiger partial charge on any atom is 0.303 e. The van der Waals surface area contributed by atoms with Crippen molar-refractivity contribution in [2.45, 2.75) is 45.3 Å². The number of hydrogen-bond donors (Lipinski definition) is 0. The van der Waals surface area contributed by atoms with Crippen LogP contribution in [0, 0.1) is 0 Å². The Hall–Kier alpha value is -2.60. The highest BCUT2D eigenvalue weighted by atomic mass is 79.9. The maximum absolute atomic E-state index is 11.7. The van der Waals surface area contributed by atoms with E-state index in [1.165, 1.54) is 33.4 Å². The summed E-state index contributed by atoms with van der Waals surface area (Å²) in [4.78, 5) is 46.9. The lowest BCUT2D eigenvalue weighted by molar-refractivity contribution is -0.166. The van der Waals surface area contributed by atoms with E-state index in [1.807, 2.05) is 0 Å². The van der Waals surface area contributed by atoms with Gasteiger partial charge in [-0.25, -0.2) is 15.0 Å². The van der Waals surface area contributed by atoms with Crippen molar-refractivity contribution < 1.29 is 33.3 Å². The Bertz CT molecular complexity index is 918. The van der Waals surface area contributed by atoms with Crippen LogP contribution in [0.15, 0.2) is 17.3 Å². The van der Waals surface area contributed by atoms with Gasteiger partial charge in [-0.05, 0) is 15.9 Å². The normalized spacial score (nSPS) is 24.1. The maximum atomic E-state index is 11.7. The molecule has 2 aromatic rings. The monoisotopic (exact) mass is 456 g/mol. The van der Waals surface area contributed by atoms with Crippen molar-refractivity contribution in [2.24, 2.45) is 0 Å². The molecule has 4 atom stereocenters. The standard InChI is InChI=1S/C16H17BrN4O7/c1-7(22)25-4-10-12(26-8(2)23)13(27-9(3)24)16(28-10)21-6-20-11-14(17)18-5-19-15(11)21/h5-6,10,12-13,16H,4H2,1-3H3/t10-,12-,13-,16-/m1/s1. The summed E-state index contributed by atoms with van der Waals surface area (Å²) < 4.78 is 23.7. The van der Waals surface area contributed by atoms with Crippen LogP contribution < -0.4 is 0 Å². The van der Waals surface area contributed by atoms with Gasteiger partial charge in [0.15, 0.2) is 24.1 Å². The smallest absolute Gasteiger partial charge is 0.303 e. The minimum Gasteiger partial charge on any atom is -0.463 e. The van der Waals surface area contributed by atoms with Crippen molar-refractivity contribution >= 4 is 45.0 Å². The second-order valence-electron chi connectivity index (χ2n) is 6.00. The van der Waals surface area contributed by atoms with E-state index in [0.29, 0.717) is 15.8 Å². The molecular weight excluding hydrogens is 440 g/mol. The first-order chi connectivity index (χ1) is 13.3. The Morgan fingerprint density at radius 2 is 1.75 bits per heavy atom. The molecule has 1 saturated heterocycles. The fourth-order valence-corrected chi connectivity index (χ4v) is 3.30.